The van der Waals surface area contributed by atoms with Gasteiger partial charge in [0.05, 0.1) is 0 Å². The highest BCUT2D eigenvalue weighted by atomic mass is 15.0. The van der Waals surface area contributed by atoms with Gasteiger partial charge in [-0.1, -0.05) is 13.8 Å². The first-order valence-electron chi connectivity index (χ1n) is 6.52. The lowest BCUT2D eigenvalue weighted by molar-refractivity contribution is 0.136. The van der Waals surface area contributed by atoms with E-state index in [-0.39, 0.29) is 0 Å². The van der Waals surface area contributed by atoms with Gasteiger partial charge in [-0.3, -0.25) is 0 Å². The van der Waals surface area contributed by atoms with E-state index in [2.05, 4.69) is 19.2 Å². The zero-order valence-electron chi connectivity index (χ0n) is 9.81. The Hall–Kier alpha value is -0.0400. The van der Waals surface area contributed by atoms with Crippen LogP contribution in [0.5, 0.6) is 0 Å². The summed E-state index contributed by atoms with van der Waals surface area (Å²) < 4.78 is 0. The molecule has 0 bridgehead atoms. The fourth-order valence-corrected chi connectivity index (χ4v) is 3.04. The number of nitrogens with one attached hydrogen (secondary N) is 1. The highest BCUT2D eigenvalue weighted by Crippen LogP contribution is 2.36. The second kappa shape index (κ2) is 4.22. The summed E-state index contributed by atoms with van der Waals surface area (Å²) in [5, 5.41) is 3.94. The normalized spacial score (nSPS) is 36.4. The zero-order chi connectivity index (χ0) is 10.0. The van der Waals surface area contributed by atoms with Crippen LogP contribution in [0, 0.1) is 5.92 Å². The molecule has 2 rings (SSSR count). The van der Waals surface area contributed by atoms with E-state index in [9.17, 15) is 0 Å². The molecule has 0 amide bonds. The van der Waals surface area contributed by atoms with Crippen LogP contribution in [0.1, 0.15) is 65.2 Å². The van der Waals surface area contributed by atoms with Crippen molar-refractivity contribution in [2.45, 2.75) is 76.8 Å². The predicted octanol–water partition coefficient (Wildman–Crippen LogP) is 3.49. The number of rotatable bonds is 3. The Morgan fingerprint density at radius 3 is 2.21 bits per heavy atom. The minimum atomic E-state index is 0.561. The first-order chi connectivity index (χ1) is 6.74. The maximum absolute atomic E-state index is 3.94. The fraction of sp³-hybridized carbons (Fsp3) is 1.00. The van der Waals surface area contributed by atoms with E-state index in [4.69, 9.17) is 0 Å². The molecule has 1 heteroatoms. The molecule has 0 unspecified atom stereocenters. The maximum Gasteiger partial charge on any atom is 0.0181 e. The summed E-state index contributed by atoms with van der Waals surface area (Å²) in [5.74, 6) is 0.979. The largest absolute Gasteiger partial charge is 0.309 e. The van der Waals surface area contributed by atoms with Crippen LogP contribution in [0.25, 0.3) is 0 Å². The van der Waals surface area contributed by atoms with E-state index in [0.717, 1.165) is 12.0 Å². The highest BCUT2D eigenvalue weighted by molar-refractivity contribution is 4.97. The van der Waals surface area contributed by atoms with Gasteiger partial charge in [0, 0.05) is 11.6 Å². The fourth-order valence-electron chi connectivity index (χ4n) is 3.04. The van der Waals surface area contributed by atoms with Crippen LogP contribution >= 0.6 is 0 Å². The van der Waals surface area contributed by atoms with Crippen LogP contribution in [0.3, 0.4) is 0 Å². The highest BCUT2D eigenvalue weighted by Gasteiger charge is 2.36. The summed E-state index contributed by atoms with van der Waals surface area (Å²) in [5.41, 5.74) is 0.561. The molecule has 1 N–H and O–H groups in total. The van der Waals surface area contributed by atoms with Gasteiger partial charge < -0.3 is 5.32 Å². The van der Waals surface area contributed by atoms with Crippen molar-refractivity contribution in [2.75, 3.05) is 0 Å². The number of hydrogen-bond donors (Lipinski definition) is 1. The monoisotopic (exact) mass is 195 g/mol. The molecule has 2 saturated carbocycles. The Labute approximate surface area is 88.7 Å². The second-order valence-electron chi connectivity index (χ2n) is 5.59. The molecule has 0 spiro atoms. The number of hydrogen-bond acceptors (Lipinski definition) is 1. The molecule has 0 heterocycles. The molecule has 0 aromatic heterocycles. The lowest BCUT2D eigenvalue weighted by Gasteiger charge is -2.46. The van der Waals surface area contributed by atoms with E-state index in [1.54, 1.807) is 0 Å². The second-order valence-corrected chi connectivity index (χ2v) is 5.59. The van der Waals surface area contributed by atoms with Crippen molar-refractivity contribution < 1.29 is 0 Å². The van der Waals surface area contributed by atoms with Crippen LogP contribution in [0.2, 0.25) is 0 Å². The molecule has 2 aliphatic carbocycles. The molecule has 0 atom stereocenters. The molecule has 2 fully saturated rings. The molecule has 0 aromatic rings. The smallest absolute Gasteiger partial charge is 0.0181 e. The van der Waals surface area contributed by atoms with Crippen LogP contribution in [0.4, 0.5) is 0 Å². The maximum atomic E-state index is 3.94. The van der Waals surface area contributed by atoms with Gasteiger partial charge in [-0.05, 0) is 57.3 Å². The molecule has 2 aliphatic rings. The third-order valence-corrected chi connectivity index (χ3v) is 4.51. The molecule has 1 nitrogen and oxygen atoms in total. The minimum absolute atomic E-state index is 0.561. The summed E-state index contributed by atoms with van der Waals surface area (Å²) in [7, 11) is 0. The molecule has 82 valence electrons. The van der Waals surface area contributed by atoms with Crippen LogP contribution < -0.4 is 5.32 Å². The minimum Gasteiger partial charge on any atom is -0.309 e. The molecule has 0 radical (unpaired) electrons. The van der Waals surface area contributed by atoms with Gasteiger partial charge in [0.1, 0.15) is 0 Å². The Morgan fingerprint density at radius 1 is 1.14 bits per heavy atom. The van der Waals surface area contributed by atoms with Gasteiger partial charge in [0.2, 0.25) is 0 Å². The average Bonchev–Trinajstić information content (AvgIpc) is 2.15. The van der Waals surface area contributed by atoms with Crippen LogP contribution in [-0.4, -0.2) is 11.6 Å². The predicted molar refractivity (Wildman–Crippen MR) is 61.4 cm³/mol. The Morgan fingerprint density at radius 2 is 1.79 bits per heavy atom. The standard InChI is InChI=1S/C13H25N/c1-3-13(9-4-10-13)14-12-7-5-11(2)6-8-12/h11-12,14H,3-10H2,1-2H3. The van der Waals surface area contributed by atoms with Gasteiger partial charge in [0.15, 0.2) is 0 Å². The molecule has 0 aromatic carbocycles. The van der Waals surface area contributed by atoms with Crippen molar-refractivity contribution in [3.63, 3.8) is 0 Å². The third-order valence-electron chi connectivity index (χ3n) is 4.51. The molecular formula is C13H25N. The Balaban J connectivity index is 1.79. The molecular weight excluding hydrogens is 170 g/mol. The van der Waals surface area contributed by atoms with Crippen molar-refractivity contribution in [1.82, 2.24) is 5.32 Å². The molecule has 14 heavy (non-hydrogen) atoms. The summed E-state index contributed by atoms with van der Waals surface area (Å²) in [6.45, 7) is 4.74. The first-order valence-corrected chi connectivity index (χ1v) is 6.52. The Bertz CT molecular complexity index is 170. The van der Waals surface area contributed by atoms with Crippen molar-refractivity contribution in [2.24, 2.45) is 5.92 Å². The average molecular weight is 195 g/mol. The summed E-state index contributed by atoms with van der Waals surface area (Å²) >= 11 is 0. The van der Waals surface area contributed by atoms with Crippen LogP contribution in [-0.2, 0) is 0 Å². The molecule has 0 saturated heterocycles. The van der Waals surface area contributed by atoms with Gasteiger partial charge in [0.25, 0.3) is 0 Å². The van der Waals surface area contributed by atoms with E-state index in [1.807, 2.05) is 0 Å². The van der Waals surface area contributed by atoms with Gasteiger partial charge >= 0.3 is 0 Å². The van der Waals surface area contributed by atoms with E-state index in [0.29, 0.717) is 5.54 Å². The van der Waals surface area contributed by atoms with Crippen molar-refractivity contribution >= 4 is 0 Å². The van der Waals surface area contributed by atoms with E-state index >= 15 is 0 Å². The van der Waals surface area contributed by atoms with E-state index in [1.165, 1.54) is 51.4 Å². The quantitative estimate of drug-likeness (QED) is 0.727. The van der Waals surface area contributed by atoms with Gasteiger partial charge in [-0.2, -0.15) is 0 Å². The summed E-state index contributed by atoms with van der Waals surface area (Å²) in [6.07, 6.45) is 11.4. The van der Waals surface area contributed by atoms with Gasteiger partial charge in [-0.25, -0.2) is 0 Å². The first kappa shape index (κ1) is 10.5. The SMILES string of the molecule is CCC1(NC2CCC(C)CC2)CCC1. The van der Waals surface area contributed by atoms with Crippen molar-refractivity contribution in [3.8, 4) is 0 Å². The summed E-state index contributed by atoms with van der Waals surface area (Å²) in [6, 6.07) is 0.839. The lowest BCUT2D eigenvalue weighted by atomic mass is 9.73. The zero-order valence-corrected chi connectivity index (χ0v) is 9.81. The topological polar surface area (TPSA) is 12.0 Å². The van der Waals surface area contributed by atoms with E-state index < -0.39 is 0 Å². The summed E-state index contributed by atoms with van der Waals surface area (Å²) in [4.78, 5) is 0. The molecule has 0 aliphatic heterocycles. The van der Waals surface area contributed by atoms with Crippen molar-refractivity contribution in [1.29, 1.82) is 0 Å². The van der Waals surface area contributed by atoms with Crippen LogP contribution in [0.15, 0.2) is 0 Å². The lowest BCUT2D eigenvalue weighted by Crippen LogP contribution is -2.55. The van der Waals surface area contributed by atoms with Crippen molar-refractivity contribution in [3.05, 3.63) is 0 Å². The Kier molecular flexibility index (Phi) is 3.16. The van der Waals surface area contributed by atoms with Gasteiger partial charge in [-0.15, -0.1) is 0 Å². The third kappa shape index (κ3) is 2.13.